The fraction of sp³-hybridized carbons (Fsp3) is 0.600. The van der Waals surface area contributed by atoms with Crippen molar-refractivity contribution >= 4 is 11.6 Å². The molecule has 0 radical (unpaired) electrons. The Labute approximate surface area is 111 Å². The van der Waals surface area contributed by atoms with Crippen LogP contribution >= 0.6 is 11.6 Å². The molecule has 0 saturated heterocycles. The molecule has 2 unspecified atom stereocenters. The van der Waals surface area contributed by atoms with Crippen molar-refractivity contribution in [2.24, 2.45) is 5.92 Å². The third-order valence-electron chi connectivity index (χ3n) is 3.27. The summed E-state index contributed by atoms with van der Waals surface area (Å²) in [5.41, 5.74) is 1.36. The van der Waals surface area contributed by atoms with Gasteiger partial charge in [0.1, 0.15) is 0 Å². The molecule has 17 heavy (non-hydrogen) atoms. The summed E-state index contributed by atoms with van der Waals surface area (Å²) in [6.07, 6.45) is 3.63. The second-order valence-electron chi connectivity index (χ2n) is 4.76. The van der Waals surface area contributed by atoms with E-state index in [-0.39, 0.29) is 0 Å². The molecule has 1 aromatic rings. The van der Waals surface area contributed by atoms with Gasteiger partial charge in [-0.15, -0.1) is 0 Å². The molecule has 0 fully saturated rings. The first-order valence-electron chi connectivity index (χ1n) is 6.65. The second-order valence-corrected chi connectivity index (χ2v) is 5.20. The van der Waals surface area contributed by atoms with Gasteiger partial charge in [0.2, 0.25) is 0 Å². The molecule has 0 heterocycles. The quantitative estimate of drug-likeness (QED) is 0.764. The van der Waals surface area contributed by atoms with Crippen molar-refractivity contribution in [3.05, 3.63) is 34.9 Å². The number of likely N-dealkylation sites (N-methyl/N-ethyl adjacent to an activating group) is 1. The molecular formula is C15H24ClN. The molecule has 1 nitrogen and oxygen atoms in total. The SMILES string of the molecule is CCCC(C)C(Cc1ccc(Cl)cc1)NCC. The largest absolute Gasteiger partial charge is 0.314 e. The van der Waals surface area contributed by atoms with Gasteiger partial charge < -0.3 is 5.32 Å². The molecule has 0 spiro atoms. The molecule has 0 saturated carbocycles. The van der Waals surface area contributed by atoms with Crippen molar-refractivity contribution in [2.45, 2.75) is 46.1 Å². The summed E-state index contributed by atoms with van der Waals surface area (Å²) in [5.74, 6) is 0.718. The van der Waals surface area contributed by atoms with Gasteiger partial charge in [0.15, 0.2) is 0 Å². The van der Waals surface area contributed by atoms with E-state index < -0.39 is 0 Å². The van der Waals surface area contributed by atoms with Crippen LogP contribution in [0.5, 0.6) is 0 Å². The number of hydrogen-bond donors (Lipinski definition) is 1. The fourth-order valence-corrected chi connectivity index (χ4v) is 2.39. The predicted octanol–water partition coefficient (Wildman–Crippen LogP) is 4.30. The Kier molecular flexibility index (Phi) is 6.61. The third kappa shape index (κ3) is 5.10. The Morgan fingerprint density at radius 3 is 2.35 bits per heavy atom. The molecule has 0 amide bonds. The minimum atomic E-state index is 0.570. The van der Waals surface area contributed by atoms with Gasteiger partial charge >= 0.3 is 0 Å². The third-order valence-corrected chi connectivity index (χ3v) is 3.52. The van der Waals surface area contributed by atoms with E-state index in [4.69, 9.17) is 11.6 Å². The highest BCUT2D eigenvalue weighted by Gasteiger charge is 2.15. The van der Waals surface area contributed by atoms with Crippen LogP contribution in [-0.4, -0.2) is 12.6 Å². The highest BCUT2D eigenvalue weighted by molar-refractivity contribution is 6.30. The van der Waals surface area contributed by atoms with Gasteiger partial charge in [0, 0.05) is 11.1 Å². The highest BCUT2D eigenvalue weighted by Crippen LogP contribution is 2.17. The zero-order chi connectivity index (χ0) is 12.7. The number of nitrogens with one attached hydrogen (secondary N) is 1. The van der Waals surface area contributed by atoms with Crippen LogP contribution in [-0.2, 0) is 6.42 Å². The van der Waals surface area contributed by atoms with Crippen LogP contribution < -0.4 is 5.32 Å². The van der Waals surface area contributed by atoms with Crippen molar-refractivity contribution in [1.82, 2.24) is 5.32 Å². The summed E-state index contributed by atoms with van der Waals surface area (Å²) < 4.78 is 0. The Morgan fingerprint density at radius 2 is 1.82 bits per heavy atom. The zero-order valence-electron chi connectivity index (χ0n) is 11.2. The van der Waals surface area contributed by atoms with E-state index in [9.17, 15) is 0 Å². The molecule has 2 atom stereocenters. The minimum Gasteiger partial charge on any atom is -0.314 e. The first-order chi connectivity index (χ1) is 8.17. The molecule has 1 N–H and O–H groups in total. The number of hydrogen-bond acceptors (Lipinski definition) is 1. The molecule has 0 aliphatic heterocycles. The standard InChI is InChI=1S/C15H24ClN/c1-4-6-12(3)15(17-5-2)11-13-7-9-14(16)10-8-13/h7-10,12,15,17H,4-6,11H2,1-3H3. The highest BCUT2D eigenvalue weighted by atomic mass is 35.5. The van der Waals surface area contributed by atoms with E-state index in [1.807, 2.05) is 12.1 Å². The van der Waals surface area contributed by atoms with Crippen LogP contribution in [0, 0.1) is 5.92 Å². The molecule has 1 aromatic carbocycles. The van der Waals surface area contributed by atoms with Crippen LogP contribution in [0.25, 0.3) is 0 Å². The monoisotopic (exact) mass is 253 g/mol. The lowest BCUT2D eigenvalue weighted by Gasteiger charge is -2.24. The molecule has 1 rings (SSSR count). The van der Waals surface area contributed by atoms with Gasteiger partial charge in [-0.05, 0) is 43.0 Å². The maximum atomic E-state index is 5.91. The molecule has 0 bridgehead atoms. The van der Waals surface area contributed by atoms with Gasteiger partial charge in [0.05, 0.1) is 0 Å². The summed E-state index contributed by atoms with van der Waals surface area (Å²) in [7, 11) is 0. The summed E-state index contributed by atoms with van der Waals surface area (Å²) in [6.45, 7) is 7.80. The lowest BCUT2D eigenvalue weighted by molar-refractivity contribution is 0.358. The predicted molar refractivity (Wildman–Crippen MR) is 76.7 cm³/mol. The van der Waals surface area contributed by atoms with E-state index in [2.05, 4.69) is 38.2 Å². The second kappa shape index (κ2) is 7.73. The molecule has 0 aromatic heterocycles. The topological polar surface area (TPSA) is 12.0 Å². The first-order valence-corrected chi connectivity index (χ1v) is 7.03. The Balaban J connectivity index is 2.62. The molecule has 0 aliphatic rings. The van der Waals surface area contributed by atoms with E-state index in [1.165, 1.54) is 18.4 Å². The van der Waals surface area contributed by atoms with Gasteiger partial charge in [-0.2, -0.15) is 0 Å². The number of benzene rings is 1. The van der Waals surface area contributed by atoms with Crippen LogP contribution in [0.1, 0.15) is 39.2 Å². The molecule has 96 valence electrons. The summed E-state index contributed by atoms with van der Waals surface area (Å²) in [6, 6.07) is 8.78. The van der Waals surface area contributed by atoms with Crippen molar-refractivity contribution in [1.29, 1.82) is 0 Å². The fourth-order valence-electron chi connectivity index (χ4n) is 2.27. The van der Waals surface area contributed by atoms with Crippen LogP contribution in [0.3, 0.4) is 0 Å². The van der Waals surface area contributed by atoms with Crippen molar-refractivity contribution < 1.29 is 0 Å². The maximum absolute atomic E-state index is 5.91. The average molecular weight is 254 g/mol. The zero-order valence-corrected chi connectivity index (χ0v) is 11.9. The smallest absolute Gasteiger partial charge is 0.0406 e. The van der Waals surface area contributed by atoms with Crippen molar-refractivity contribution in [3.8, 4) is 0 Å². The van der Waals surface area contributed by atoms with Crippen molar-refractivity contribution in [2.75, 3.05) is 6.54 Å². The van der Waals surface area contributed by atoms with Crippen LogP contribution in [0.15, 0.2) is 24.3 Å². The minimum absolute atomic E-state index is 0.570. The lowest BCUT2D eigenvalue weighted by Crippen LogP contribution is -2.36. The first kappa shape index (κ1) is 14.5. The Hall–Kier alpha value is -0.530. The van der Waals surface area contributed by atoms with Gasteiger partial charge in [-0.1, -0.05) is 50.9 Å². The van der Waals surface area contributed by atoms with Gasteiger partial charge in [-0.25, -0.2) is 0 Å². The summed E-state index contributed by atoms with van der Waals surface area (Å²) in [5, 5.41) is 4.41. The maximum Gasteiger partial charge on any atom is 0.0406 e. The summed E-state index contributed by atoms with van der Waals surface area (Å²) in [4.78, 5) is 0. The van der Waals surface area contributed by atoms with E-state index >= 15 is 0 Å². The van der Waals surface area contributed by atoms with Crippen LogP contribution in [0.4, 0.5) is 0 Å². The Bertz CT molecular complexity index is 307. The van der Waals surface area contributed by atoms with Crippen LogP contribution in [0.2, 0.25) is 5.02 Å². The number of rotatable bonds is 7. The van der Waals surface area contributed by atoms with Crippen molar-refractivity contribution in [3.63, 3.8) is 0 Å². The molecule has 0 aliphatic carbocycles. The van der Waals surface area contributed by atoms with E-state index in [1.54, 1.807) is 0 Å². The summed E-state index contributed by atoms with van der Waals surface area (Å²) >= 11 is 5.91. The van der Waals surface area contributed by atoms with Gasteiger partial charge in [-0.3, -0.25) is 0 Å². The molecular weight excluding hydrogens is 230 g/mol. The van der Waals surface area contributed by atoms with E-state index in [0.29, 0.717) is 6.04 Å². The van der Waals surface area contributed by atoms with Gasteiger partial charge in [0.25, 0.3) is 0 Å². The average Bonchev–Trinajstić information content (AvgIpc) is 2.31. The number of halogens is 1. The lowest BCUT2D eigenvalue weighted by atomic mass is 9.91. The Morgan fingerprint density at radius 1 is 1.18 bits per heavy atom. The molecule has 2 heteroatoms. The van der Waals surface area contributed by atoms with E-state index in [0.717, 1.165) is 23.9 Å². The normalized spacial score (nSPS) is 14.6.